The number of nitrogens with zero attached hydrogens (tertiary/aromatic N) is 2. The number of fused-ring (bicyclic) bond motifs is 3. The van der Waals surface area contributed by atoms with E-state index in [1.54, 1.807) is 12.1 Å². The summed E-state index contributed by atoms with van der Waals surface area (Å²) in [7, 11) is 0. The van der Waals surface area contributed by atoms with Crippen molar-refractivity contribution in [2.24, 2.45) is 34.2 Å². The molecule has 2 saturated carbocycles. The van der Waals surface area contributed by atoms with Gasteiger partial charge in [-0.1, -0.05) is 12.2 Å². The quantitative estimate of drug-likeness (QED) is 0.472. The molecule has 1 aromatic heterocycles. The van der Waals surface area contributed by atoms with E-state index in [0.717, 1.165) is 17.9 Å². The molecule has 2 amide bonds. The van der Waals surface area contributed by atoms with Crippen LogP contribution in [0.3, 0.4) is 0 Å². The van der Waals surface area contributed by atoms with Crippen LogP contribution in [0, 0.1) is 29.1 Å². The molecule has 3 aliphatic carbocycles. The number of hydrogen-bond donors (Lipinski definition) is 0. The van der Waals surface area contributed by atoms with Crippen LogP contribution in [0.4, 0.5) is 0 Å². The maximum atomic E-state index is 12.6. The second-order valence-electron chi connectivity index (χ2n) is 6.47. The average Bonchev–Trinajstić information content (AvgIpc) is 2.77. The van der Waals surface area contributed by atoms with Gasteiger partial charge in [0.1, 0.15) is 5.76 Å². The molecule has 1 aliphatic heterocycles. The molecule has 2 bridgehead atoms. The average molecular weight is 282 g/mol. The summed E-state index contributed by atoms with van der Waals surface area (Å²) in [5.41, 5.74) is 0.234. The van der Waals surface area contributed by atoms with Gasteiger partial charge in [-0.15, -0.1) is 0 Å². The Balaban J connectivity index is 1.48. The van der Waals surface area contributed by atoms with Gasteiger partial charge in [-0.05, 0) is 42.2 Å². The first kappa shape index (κ1) is 11.5. The van der Waals surface area contributed by atoms with E-state index in [0.29, 0.717) is 5.76 Å². The predicted octanol–water partition coefficient (Wildman–Crippen LogP) is 1.81. The van der Waals surface area contributed by atoms with Crippen molar-refractivity contribution in [3.8, 4) is 0 Å². The van der Waals surface area contributed by atoms with Crippen molar-refractivity contribution in [1.29, 1.82) is 0 Å². The molecule has 0 N–H and O–H groups in total. The standard InChI is InChI=1S/C16H14N2O3/c19-14-12-10-3-4-11(16(10)5-6-16)13(12)15(20)18(14)17-8-9-2-1-7-21-9/h1-4,7-8,10-13H,5-6H2/b17-8-/t10-,11+,12+,13-. The molecule has 0 unspecified atom stereocenters. The Morgan fingerprint density at radius 2 is 1.86 bits per heavy atom. The van der Waals surface area contributed by atoms with Gasteiger partial charge in [0.15, 0.2) is 0 Å². The number of carbonyl (C=O) groups excluding carboxylic acids is 2. The van der Waals surface area contributed by atoms with Crippen LogP contribution in [0.1, 0.15) is 18.6 Å². The summed E-state index contributed by atoms with van der Waals surface area (Å²) in [5, 5.41) is 5.12. The van der Waals surface area contributed by atoms with Crippen LogP contribution in [-0.4, -0.2) is 23.0 Å². The van der Waals surface area contributed by atoms with Crippen LogP contribution in [0.5, 0.6) is 0 Å². The van der Waals surface area contributed by atoms with Crippen LogP contribution < -0.4 is 0 Å². The van der Waals surface area contributed by atoms with E-state index in [2.05, 4.69) is 17.3 Å². The zero-order valence-electron chi connectivity index (χ0n) is 11.3. The molecule has 1 saturated heterocycles. The Bertz CT molecular complexity index is 665. The Labute approximate surface area is 121 Å². The fourth-order valence-corrected chi connectivity index (χ4v) is 4.66. The van der Waals surface area contributed by atoms with Gasteiger partial charge in [-0.25, -0.2) is 0 Å². The Hall–Kier alpha value is -2.17. The van der Waals surface area contributed by atoms with Crippen LogP contribution in [0.25, 0.3) is 0 Å². The lowest BCUT2D eigenvalue weighted by Crippen LogP contribution is -2.30. The number of imide groups is 1. The minimum absolute atomic E-state index is 0.143. The molecule has 21 heavy (non-hydrogen) atoms. The molecule has 3 fully saturated rings. The number of rotatable bonds is 2. The van der Waals surface area contributed by atoms with E-state index in [9.17, 15) is 9.59 Å². The third-order valence-electron chi connectivity index (χ3n) is 5.67. The molecule has 106 valence electrons. The molecule has 5 rings (SSSR count). The predicted molar refractivity (Wildman–Crippen MR) is 72.9 cm³/mol. The summed E-state index contributed by atoms with van der Waals surface area (Å²) in [6.07, 6.45) is 9.58. The maximum Gasteiger partial charge on any atom is 0.254 e. The van der Waals surface area contributed by atoms with Gasteiger partial charge in [0.2, 0.25) is 0 Å². The third-order valence-corrected chi connectivity index (χ3v) is 5.67. The van der Waals surface area contributed by atoms with Crippen molar-refractivity contribution in [1.82, 2.24) is 5.01 Å². The normalized spacial score (nSPS) is 38.2. The number of furan rings is 1. The smallest absolute Gasteiger partial charge is 0.254 e. The van der Waals surface area contributed by atoms with Crippen molar-refractivity contribution in [2.75, 3.05) is 0 Å². The second kappa shape index (κ2) is 3.53. The number of hydrogen-bond acceptors (Lipinski definition) is 4. The molecule has 1 aromatic rings. The summed E-state index contributed by atoms with van der Waals surface area (Å²) in [6.45, 7) is 0. The van der Waals surface area contributed by atoms with Crippen molar-refractivity contribution in [3.63, 3.8) is 0 Å². The van der Waals surface area contributed by atoms with Gasteiger partial charge in [0, 0.05) is 0 Å². The van der Waals surface area contributed by atoms with Gasteiger partial charge in [-0.3, -0.25) is 9.59 Å². The maximum absolute atomic E-state index is 12.6. The van der Waals surface area contributed by atoms with E-state index >= 15 is 0 Å². The zero-order chi connectivity index (χ0) is 14.2. The third kappa shape index (κ3) is 1.25. The Morgan fingerprint density at radius 1 is 1.19 bits per heavy atom. The summed E-state index contributed by atoms with van der Waals surface area (Å²) >= 11 is 0. The second-order valence-corrected chi connectivity index (χ2v) is 6.47. The lowest BCUT2D eigenvalue weighted by atomic mass is 9.85. The van der Waals surface area contributed by atoms with Crippen molar-refractivity contribution < 1.29 is 14.0 Å². The molecule has 1 spiro atoms. The molecular formula is C16H14N2O3. The SMILES string of the molecule is O=C1[C@@H]2[C@H](C(=O)N1/N=C\c1ccco1)[C@@H]1C=C[C@H]2C12CC2. The lowest BCUT2D eigenvalue weighted by Gasteiger charge is -2.18. The first-order valence-electron chi connectivity index (χ1n) is 7.36. The van der Waals surface area contributed by atoms with E-state index in [4.69, 9.17) is 4.42 Å². The minimum atomic E-state index is -0.191. The van der Waals surface area contributed by atoms with Crippen LogP contribution in [-0.2, 0) is 9.59 Å². The van der Waals surface area contributed by atoms with Crippen LogP contribution in [0.2, 0.25) is 0 Å². The van der Waals surface area contributed by atoms with Gasteiger partial charge in [0.25, 0.3) is 11.8 Å². The molecule has 0 aromatic carbocycles. The fraction of sp³-hybridized carbons (Fsp3) is 0.438. The highest BCUT2D eigenvalue weighted by molar-refractivity contribution is 6.07. The monoisotopic (exact) mass is 282 g/mol. The number of allylic oxidation sites excluding steroid dienone is 2. The van der Waals surface area contributed by atoms with E-state index < -0.39 is 0 Å². The first-order valence-corrected chi connectivity index (χ1v) is 7.36. The Kier molecular flexibility index (Phi) is 1.93. The molecular weight excluding hydrogens is 268 g/mol. The molecule has 5 nitrogen and oxygen atoms in total. The molecule has 2 heterocycles. The topological polar surface area (TPSA) is 62.9 Å². The van der Waals surface area contributed by atoms with E-state index in [1.807, 2.05) is 0 Å². The van der Waals surface area contributed by atoms with Crippen molar-refractivity contribution >= 4 is 18.0 Å². The highest BCUT2D eigenvalue weighted by Gasteiger charge is 2.73. The summed E-state index contributed by atoms with van der Waals surface area (Å²) < 4.78 is 5.14. The first-order chi connectivity index (χ1) is 10.2. The van der Waals surface area contributed by atoms with Gasteiger partial charge in [0.05, 0.1) is 24.3 Å². The lowest BCUT2D eigenvalue weighted by molar-refractivity contribution is -0.141. The fourth-order valence-electron chi connectivity index (χ4n) is 4.66. The summed E-state index contributed by atoms with van der Waals surface area (Å²) in [6, 6.07) is 3.48. The molecule has 4 atom stereocenters. The van der Waals surface area contributed by atoms with Crippen molar-refractivity contribution in [3.05, 3.63) is 36.3 Å². The number of hydrazone groups is 1. The van der Waals surface area contributed by atoms with Gasteiger partial charge in [-0.2, -0.15) is 10.1 Å². The largest absolute Gasteiger partial charge is 0.463 e. The summed E-state index contributed by atoms with van der Waals surface area (Å²) in [4.78, 5) is 25.2. The van der Waals surface area contributed by atoms with E-state index in [1.165, 1.54) is 12.5 Å². The highest BCUT2D eigenvalue weighted by atomic mass is 16.3. The van der Waals surface area contributed by atoms with Gasteiger partial charge >= 0.3 is 0 Å². The molecule has 5 heteroatoms. The Morgan fingerprint density at radius 3 is 2.38 bits per heavy atom. The van der Waals surface area contributed by atoms with Crippen LogP contribution >= 0.6 is 0 Å². The number of carbonyl (C=O) groups is 2. The minimum Gasteiger partial charge on any atom is -0.463 e. The highest BCUT2D eigenvalue weighted by Crippen LogP contribution is 2.73. The van der Waals surface area contributed by atoms with Gasteiger partial charge < -0.3 is 4.42 Å². The molecule has 0 radical (unpaired) electrons. The molecule has 4 aliphatic rings. The summed E-state index contributed by atoms with van der Waals surface area (Å²) in [5.74, 6) is 0.354. The van der Waals surface area contributed by atoms with E-state index in [-0.39, 0.29) is 40.9 Å². The van der Waals surface area contributed by atoms with Crippen molar-refractivity contribution in [2.45, 2.75) is 12.8 Å². The number of amides is 2. The van der Waals surface area contributed by atoms with Crippen LogP contribution in [0.15, 0.2) is 40.1 Å². The zero-order valence-corrected chi connectivity index (χ0v) is 11.3.